The summed E-state index contributed by atoms with van der Waals surface area (Å²) in [4.78, 5) is 10.8. The fourth-order valence-corrected chi connectivity index (χ4v) is 4.50. The molecule has 0 fully saturated rings. The minimum atomic E-state index is -4.31. The van der Waals surface area contributed by atoms with Crippen LogP contribution >= 0.6 is 10.9 Å². The van der Waals surface area contributed by atoms with Gasteiger partial charge < -0.3 is 39.1 Å². The molecule has 0 radical (unpaired) electrons. The molecule has 4 rings (SSSR count). The van der Waals surface area contributed by atoms with Gasteiger partial charge in [-0.3, -0.25) is 0 Å². The largest absolute Gasteiger partial charge is 0.505 e. The quantitative estimate of drug-likeness (QED) is 0.0788. The zero-order chi connectivity index (χ0) is 29.7. The molecule has 0 bridgehead atoms. The molecule has 0 saturated carbocycles. The summed E-state index contributed by atoms with van der Waals surface area (Å²) in [5, 5.41) is 37.3. The number of nitrogen functional groups attached to an aromatic ring is 1. The predicted octanol–water partition coefficient (Wildman–Crippen LogP) is 8.04. The molecular formula is C27H27N5O8S. The van der Waals surface area contributed by atoms with Gasteiger partial charge in [-0.05, 0) is 55.6 Å². The molecular weight excluding hydrogens is 554 g/mol. The van der Waals surface area contributed by atoms with Crippen molar-refractivity contribution in [3.63, 3.8) is 0 Å². The minimum absolute atomic E-state index is 0.0516. The van der Waals surface area contributed by atoms with Crippen molar-refractivity contribution in [3.05, 3.63) is 66.2 Å². The van der Waals surface area contributed by atoms with Crippen molar-refractivity contribution in [1.82, 2.24) is 0 Å². The second-order valence-electron chi connectivity index (χ2n) is 8.48. The Morgan fingerprint density at radius 3 is 2.07 bits per heavy atom. The van der Waals surface area contributed by atoms with Gasteiger partial charge >= 0.3 is 5.97 Å². The third-order valence-electron chi connectivity index (χ3n) is 5.64. The van der Waals surface area contributed by atoms with Crippen LogP contribution in [-0.4, -0.2) is 43.1 Å². The van der Waals surface area contributed by atoms with Crippen LogP contribution < -0.4 is 15.2 Å². The van der Waals surface area contributed by atoms with E-state index >= 15 is 0 Å². The molecule has 0 heterocycles. The molecule has 214 valence electrons. The Morgan fingerprint density at radius 2 is 1.49 bits per heavy atom. The Balaban J connectivity index is 1.82. The Labute approximate surface area is 235 Å². The standard InChI is InChI=1S/C27H27N5O8S/c1-3-39-22-14-21(23(40-4-2)13-20(22)30-29-18-7-5-6-16(10-18)27(34)35)31-32-25-24(41(36,37)38)11-15-8-9-17(28)12-19(15)26(25)33/h5-14,33,36-38H,3-4,28H2,1-2H3,(H,34,35). The highest BCUT2D eigenvalue weighted by molar-refractivity contribution is 8.19. The van der Waals surface area contributed by atoms with Gasteiger partial charge in [-0.1, -0.05) is 12.1 Å². The van der Waals surface area contributed by atoms with Gasteiger partial charge in [0.15, 0.2) is 5.75 Å². The van der Waals surface area contributed by atoms with Crippen LogP contribution in [0.4, 0.5) is 28.4 Å². The van der Waals surface area contributed by atoms with E-state index in [9.17, 15) is 28.7 Å². The molecule has 0 spiro atoms. The molecule has 0 unspecified atom stereocenters. The van der Waals surface area contributed by atoms with Crippen LogP contribution in [0.25, 0.3) is 10.8 Å². The SMILES string of the molecule is CCOc1cc(N=Nc2c(S(O)(O)O)cc3ccc(N)cc3c2O)c(OCC)cc1N=Nc1cccc(C(=O)O)c1. The van der Waals surface area contributed by atoms with Crippen molar-refractivity contribution in [2.45, 2.75) is 18.7 Å². The molecule has 0 amide bonds. The molecule has 0 aromatic heterocycles. The van der Waals surface area contributed by atoms with Crippen molar-refractivity contribution in [2.24, 2.45) is 20.5 Å². The summed E-state index contributed by atoms with van der Waals surface area (Å²) in [5.41, 5.74) is 6.55. The number of phenolic OH excluding ortho intramolecular Hbond substituents is 1. The average Bonchev–Trinajstić information content (AvgIpc) is 2.92. The molecule has 13 nitrogen and oxygen atoms in total. The molecule has 7 N–H and O–H groups in total. The van der Waals surface area contributed by atoms with Crippen molar-refractivity contribution in [1.29, 1.82) is 0 Å². The van der Waals surface area contributed by atoms with E-state index in [1.807, 2.05) is 0 Å². The molecule has 4 aromatic carbocycles. The number of phenols is 1. The third-order valence-corrected chi connectivity index (χ3v) is 6.54. The molecule has 0 saturated heterocycles. The first-order valence-electron chi connectivity index (χ1n) is 12.2. The van der Waals surface area contributed by atoms with Crippen molar-refractivity contribution < 1.29 is 38.1 Å². The number of hydrogen-bond donors (Lipinski definition) is 6. The first-order chi connectivity index (χ1) is 19.5. The summed E-state index contributed by atoms with van der Waals surface area (Å²) < 4.78 is 41.6. The lowest BCUT2D eigenvalue weighted by Gasteiger charge is -2.22. The number of benzene rings is 4. The van der Waals surface area contributed by atoms with Gasteiger partial charge in [0.05, 0.1) is 29.4 Å². The van der Waals surface area contributed by atoms with Gasteiger partial charge in [-0.15, -0.1) is 15.3 Å². The summed E-state index contributed by atoms with van der Waals surface area (Å²) >= 11 is 0. The fourth-order valence-electron chi connectivity index (χ4n) is 3.82. The van der Waals surface area contributed by atoms with E-state index in [2.05, 4.69) is 20.5 Å². The summed E-state index contributed by atoms with van der Waals surface area (Å²) in [7, 11) is -4.31. The van der Waals surface area contributed by atoms with E-state index in [0.717, 1.165) is 0 Å². The molecule has 4 aromatic rings. The summed E-state index contributed by atoms with van der Waals surface area (Å²) in [6.45, 7) is 3.99. The molecule has 0 atom stereocenters. The van der Waals surface area contributed by atoms with Gasteiger partial charge in [0.1, 0.15) is 39.4 Å². The summed E-state index contributed by atoms with van der Waals surface area (Å²) in [6, 6.07) is 14.7. The zero-order valence-corrected chi connectivity index (χ0v) is 22.7. The van der Waals surface area contributed by atoms with E-state index < -0.39 is 27.5 Å². The summed E-state index contributed by atoms with van der Waals surface area (Å²) in [5.74, 6) is -1.13. The fraction of sp³-hybridized carbons (Fsp3) is 0.148. The van der Waals surface area contributed by atoms with Crippen LogP contribution in [-0.2, 0) is 0 Å². The predicted molar refractivity (Wildman–Crippen MR) is 154 cm³/mol. The number of azo groups is 2. The molecule has 0 aliphatic rings. The lowest BCUT2D eigenvalue weighted by atomic mass is 10.1. The van der Waals surface area contributed by atoms with Crippen LogP contribution in [0.3, 0.4) is 0 Å². The number of carboxylic acid groups (broad SMARTS) is 1. The molecule has 0 aliphatic heterocycles. The number of carbonyl (C=O) groups is 1. The number of anilines is 1. The normalized spacial score (nSPS) is 12.3. The van der Waals surface area contributed by atoms with Crippen molar-refractivity contribution in [3.8, 4) is 17.2 Å². The number of carboxylic acids is 1. The first kappa shape index (κ1) is 29.2. The maximum Gasteiger partial charge on any atom is 0.335 e. The van der Waals surface area contributed by atoms with Gasteiger partial charge in [0.25, 0.3) is 0 Å². The number of aromatic hydroxyl groups is 1. The lowest BCUT2D eigenvalue weighted by molar-refractivity contribution is 0.0697. The minimum Gasteiger partial charge on any atom is -0.505 e. The number of nitrogens with two attached hydrogens (primary N) is 1. The zero-order valence-electron chi connectivity index (χ0n) is 21.9. The van der Waals surface area contributed by atoms with E-state index in [1.54, 1.807) is 38.1 Å². The first-order valence-corrected chi connectivity index (χ1v) is 13.7. The number of rotatable bonds is 10. The molecule has 0 aliphatic carbocycles. The number of aromatic carboxylic acids is 1. The maximum absolute atomic E-state index is 11.3. The molecule has 41 heavy (non-hydrogen) atoms. The van der Waals surface area contributed by atoms with E-state index in [0.29, 0.717) is 16.8 Å². The Bertz CT molecular complexity index is 1670. The van der Waals surface area contributed by atoms with E-state index in [4.69, 9.17) is 15.2 Å². The lowest BCUT2D eigenvalue weighted by Crippen LogP contribution is -1.97. The Morgan fingerprint density at radius 1 is 0.854 bits per heavy atom. The van der Waals surface area contributed by atoms with Crippen LogP contribution in [0.1, 0.15) is 24.2 Å². The third kappa shape index (κ3) is 6.70. The van der Waals surface area contributed by atoms with Crippen molar-refractivity contribution in [2.75, 3.05) is 18.9 Å². The highest BCUT2D eigenvalue weighted by atomic mass is 32.3. The average molecular weight is 582 g/mol. The van der Waals surface area contributed by atoms with Crippen LogP contribution in [0, 0.1) is 0 Å². The Kier molecular flexibility index (Phi) is 8.68. The van der Waals surface area contributed by atoms with Gasteiger partial charge in [-0.2, -0.15) is 5.11 Å². The van der Waals surface area contributed by atoms with Gasteiger partial charge in [-0.25, -0.2) is 4.79 Å². The van der Waals surface area contributed by atoms with E-state index in [1.165, 1.54) is 36.4 Å². The number of ether oxygens (including phenoxy) is 2. The van der Waals surface area contributed by atoms with E-state index in [-0.39, 0.29) is 52.7 Å². The topological polar surface area (TPSA) is 212 Å². The highest BCUT2D eigenvalue weighted by Crippen LogP contribution is 2.54. The second kappa shape index (κ2) is 12.2. The van der Waals surface area contributed by atoms with Crippen LogP contribution in [0.5, 0.6) is 17.2 Å². The number of fused-ring (bicyclic) bond motifs is 1. The van der Waals surface area contributed by atoms with Gasteiger partial charge in [0, 0.05) is 23.2 Å². The Hall–Kier alpha value is -4.76. The monoisotopic (exact) mass is 581 g/mol. The second-order valence-corrected chi connectivity index (χ2v) is 9.96. The van der Waals surface area contributed by atoms with Crippen molar-refractivity contribution >= 4 is 56.0 Å². The number of hydrogen-bond acceptors (Lipinski definition) is 12. The highest BCUT2D eigenvalue weighted by Gasteiger charge is 2.25. The van der Waals surface area contributed by atoms with Crippen LogP contribution in [0.15, 0.2) is 86.0 Å². The van der Waals surface area contributed by atoms with Gasteiger partial charge in [0.2, 0.25) is 0 Å². The van der Waals surface area contributed by atoms with Crippen LogP contribution in [0.2, 0.25) is 0 Å². The smallest absolute Gasteiger partial charge is 0.335 e. The molecule has 14 heteroatoms. The maximum atomic E-state index is 11.3. The summed E-state index contributed by atoms with van der Waals surface area (Å²) in [6.07, 6.45) is 0. The number of nitrogens with zero attached hydrogens (tertiary/aromatic N) is 4.